The maximum atomic E-state index is 13.1. The lowest BCUT2D eigenvalue weighted by molar-refractivity contribution is 0.0467. The summed E-state index contributed by atoms with van der Waals surface area (Å²) in [7, 11) is 0. The monoisotopic (exact) mass is 249 g/mol. The summed E-state index contributed by atoms with van der Waals surface area (Å²) in [5.41, 5.74) is -0.812. The summed E-state index contributed by atoms with van der Waals surface area (Å²) in [6, 6.07) is 0.792. The van der Waals surface area contributed by atoms with E-state index in [1.54, 1.807) is 0 Å². The maximum Gasteiger partial charge on any atom is 0.275 e. The van der Waals surface area contributed by atoms with Crippen molar-refractivity contribution in [3.63, 3.8) is 0 Å². The van der Waals surface area contributed by atoms with Crippen LogP contribution in [0.5, 0.6) is 0 Å². The molecular weight excluding hydrogens is 235 g/mol. The van der Waals surface area contributed by atoms with E-state index in [1.165, 1.54) is 4.68 Å². The molecule has 0 saturated carbocycles. The fraction of sp³-hybridized carbons (Fsp3) is 0.700. The van der Waals surface area contributed by atoms with Crippen molar-refractivity contribution >= 4 is 0 Å². The summed E-state index contributed by atoms with van der Waals surface area (Å²) >= 11 is 0. The highest BCUT2D eigenvalue weighted by atomic mass is 19.3. The number of rotatable bonds is 3. The summed E-state index contributed by atoms with van der Waals surface area (Å²) in [6.07, 6.45) is -3.87. The average molecular weight is 249 g/mol. The van der Waals surface area contributed by atoms with Crippen molar-refractivity contribution in [1.82, 2.24) is 15.1 Å². The van der Waals surface area contributed by atoms with Crippen LogP contribution in [0.25, 0.3) is 0 Å². The van der Waals surface area contributed by atoms with Gasteiger partial charge in [-0.15, -0.1) is 0 Å². The van der Waals surface area contributed by atoms with E-state index in [9.17, 15) is 18.0 Å². The zero-order valence-corrected chi connectivity index (χ0v) is 9.13. The molecule has 2 unspecified atom stereocenters. The molecule has 0 radical (unpaired) electrons. The molecule has 2 N–H and O–H groups in total. The zero-order chi connectivity index (χ0) is 12.4. The number of alkyl halides is 3. The van der Waals surface area contributed by atoms with Crippen LogP contribution >= 0.6 is 0 Å². The van der Waals surface area contributed by atoms with E-state index in [2.05, 4.69) is 10.4 Å². The lowest BCUT2D eigenvalue weighted by Gasteiger charge is -2.23. The number of nitrogens with zero attached hydrogens (tertiary/aromatic N) is 1. The molecule has 1 aromatic rings. The molecule has 1 aliphatic rings. The van der Waals surface area contributed by atoms with E-state index in [0.29, 0.717) is 6.54 Å². The molecule has 1 fully saturated rings. The molecule has 17 heavy (non-hydrogen) atoms. The van der Waals surface area contributed by atoms with Gasteiger partial charge in [-0.3, -0.25) is 9.89 Å². The minimum atomic E-state index is -3.12. The molecule has 0 aromatic carbocycles. The lowest BCUT2D eigenvalue weighted by Crippen LogP contribution is -2.35. The summed E-state index contributed by atoms with van der Waals surface area (Å²) in [5.74, 6) is 0. The molecule has 4 nitrogen and oxygen atoms in total. The summed E-state index contributed by atoms with van der Waals surface area (Å²) in [4.78, 5) is 11.6. The van der Waals surface area contributed by atoms with Crippen molar-refractivity contribution in [1.29, 1.82) is 0 Å². The Bertz CT molecular complexity index is 423. The third-order valence-corrected chi connectivity index (χ3v) is 2.92. The minimum absolute atomic E-state index is 0.116. The van der Waals surface area contributed by atoms with Crippen LogP contribution in [0.2, 0.25) is 0 Å². The molecule has 7 heteroatoms. The minimum Gasteiger partial charge on any atom is -0.315 e. The molecule has 1 aliphatic heterocycles. The summed E-state index contributed by atoms with van der Waals surface area (Å²) in [5, 5.41) is 5.54. The number of piperidine rings is 1. The highest BCUT2D eigenvalue weighted by Gasteiger charge is 2.26. The van der Waals surface area contributed by atoms with Gasteiger partial charge in [0.1, 0.15) is 0 Å². The Balaban J connectivity index is 2.21. The first-order valence-electron chi connectivity index (χ1n) is 5.54. The number of hydrogen-bond acceptors (Lipinski definition) is 2. The predicted octanol–water partition coefficient (Wildman–Crippen LogP) is 1.38. The molecule has 0 spiro atoms. The smallest absolute Gasteiger partial charge is 0.275 e. The van der Waals surface area contributed by atoms with Crippen molar-refractivity contribution < 1.29 is 13.2 Å². The SMILES string of the molecule is O=c1cc(C(F)C(F)F)[nH]n1C1CCCNC1. The largest absolute Gasteiger partial charge is 0.315 e. The van der Waals surface area contributed by atoms with Crippen LogP contribution in [0.1, 0.15) is 30.7 Å². The molecule has 2 heterocycles. The second-order valence-corrected chi connectivity index (χ2v) is 4.16. The first-order chi connectivity index (χ1) is 8.09. The van der Waals surface area contributed by atoms with Crippen molar-refractivity contribution in [2.75, 3.05) is 13.1 Å². The first-order valence-corrected chi connectivity index (χ1v) is 5.54. The molecule has 2 atom stereocenters. The van der Waals surface area contributed by atoms with Gasteiger partial charge in [-0.2, -0.15) is 0 Å². The number of aromatic amines is 1. The molecule has 0 aliphatic carbocycles. The Morgan fingerprint density at radius 3 is 2.76 bits per heavy atom. The second-order valence-electron chi connectivity index (χ2n) is 4.16. The van der Waals surface area contributed by atoms with Gasteiger partial charge in [0.05, 0.1) is 11.7 Å². The van der Waals surface area contributed by atoms with E-state index in [-0.39, 0.29) is 11.7 Å². The Kier molecular flexibility index (Phi) is 3.56. The van der Waals surface area contributed by atoms with Crippen LogP contribution in [-0.4, -0.2) is 29.3 Å². The highest BCUT2D eigenvalue weighted by Crippen LogP contribution is 2.23. The number of hydrogen-bond donors (Lipinski definition) is 2. The van der Waals surface area contributed by atoms with Gasteiger partial charge < -0.3 is 5.32 Å². The fourth-order valence-electron chi connectivity index (χ4n) is 2.03. The Morgan fingerprint density at radius 1 is 1.41 bits per heavy atom. The standard InChI is InChI=1S/C10H14F3N3O/c11-9(10(12)13)7-4-8(17)16(15-7)6-2-1-3-14-5-6/h4,6,9-10,14-15H,1-3,5H2. The molecule has 0 amide bonds. The number of aromatic nitrogens is 2. The topological polar surface area (TPSA) is 49.8 Å². The van der Waals surface area contributed by atoms with E-state index in [1.807, 2.05) is 0 Å². The van der Waals surface area contributed by atoms with Crippen molar-refractivity contribution in [2.45, 2.75) is 31.5 Å². The van der Waals surface area contributed by atoms with Gasteiger partial charge >= 0.3 is 0 Å². The van der Waals surface area contributed by atoms with E-state index < -0.39 is 18.2 Å². The van der Waals surface area contributed by atoms with Crippen LogP contribution in [0.4, 0.5) is 13.2 Å². The highest BCUT2D eigenvalue weighted by molar-refractivity contribution is 5.05. The molecule has 1 saturated heterocycles. The van der Waals surface area contributed by atoms with Gasteiger partial charge in [-0.05, 0) is 19.4 Å². The normalized spacial score (nSPS) is 22.9. The predicted molar refractivity (Wildman–Crippen MR) is 56.0 cm³/mol. The maximum absolute atomic E-state index is 13.1. The Labute approximate surface area is 95.8 Å². The summed E-state index contributed by atoms with van der Waals surface area (Å²) < 4.78 is 38.7. The quantitative estimate of drug-likeness (QED) is 0.850. The first kappa shape index (κ1) is 12.2. The number of halogens is 3. The van der Waals surface area contributed by atoms with E-state index in [4.69, 9.17) is 0 Å². The van der Waals surface area contributed by atoms with Gasteiger partial charge in [0, 0.05) is 12.6 Å². The van der Waals surface area contributed by atoms with Crippen molar-refractivity contribution in [2.24, 2.45) is 0 Å². The van der Waals surface area contributed by atoms with Crippen LogP contribution in [-0.2, 0) is 0 Å². The molecule has 96 valence electrons. The van der Waals surface area contributed by atoms with Gasteiger partial charge in [-0.25, -0.2) is 17.9 Å². The molecule has 0 bridgehead atoms. The third-order valence-electron chi connectivity index (χ3n) is 2.92. The van der Waals surface area contributed by atoms with Crippen LogP contribution in [0.15, 0.2) is 10.9 Å². The molecule has 2 rings (SSSR count). The number of nitrogens with one attached hydrogen (secondary N) is 2. The van der Waals surface area contributed by atoms with Gasteiger partial charge in [0.2, 0.25) is 6.17 Å². The van der Waals surface area contributed by atoms with E-state index >= 15 is 0 Å². The van der Waals surface area contributed by atoms with Gasteiger partial charge in [-0.1, -0.05) is 0 Å². The fourth-order valence-corrected chi connectivity index (χ4v) is 2.03. The van der Waals surface area contributed by atoms with Crippen molar-refractivity contribution in [3.05, 3.63) is 22.1 Å². The van der Waals surface area contributed by atoms with Gasteiger partial charge in [0.25, 0.3) is 12.0 Å². The lowest BCUT2D eigenvalue weighted by atomic mass is 10.1. The summed E-state index contributed by atoms with van der Waals surface area (Å²) in [6.45, 7) is 1.47. The zero-order valence-electron chi connectivity index (χ0n) is 9.13. The Morgan fingerprint density at radius 2 is 2.18 bits per heavy atom. The third kappa shape index (κ3) is 2.54. The van der Waals surface area contributed by atoms with Gasteiger partial charge in [0.15, 0.2) is 0 Å². The van der Waals surface area contributed by atoms with Crippen molar-refractivity contribution in [3.8, 4) is 0 Å². The number of H-pyrrole nitrogens is 1. The second kappa shape index (κ2) is 4.95. The molecular formula is C10H14F3N3O. The Hall–Kier alpha value is -1.24. The van der Waals surface area contributed by atoms with E-state index in [0.717, 1.165) is 25.5 Å². The van der Waals surface area contributed by atoms with Crippen LogP contribution in [0.3, 0.4) is 0 Å². The van der Waals surface area contributed by atoms with Crippen LogP contribution < -0.4 is 10.9 Å². The average Bonchev–Trinajstić information content (AvgIpc) is 2.71. The molecule has 1 aromatic heterocycles. The van der Waals surface area contributed by atoms with Crippen LogP contribution in [0, 0.1) is 0 Å².